The topological polar surface area (TPSA) is 75.0 Å². The van der Waals surface area contributed by atoms with Gasteiger partial charge in [0.15, 0.2) is 5.78 Å². The molecule has 0 saturated carbocycles. The summed E-state index contributed by atoms with van der Waals surface area (Å²) < 4.78 is 22.1. The van der Waals surface area contributed by atoms with E-state index in [0.29, 0.717) is 51.7 Å². The van der Waals surface area contributed by atoms with Crippen LogP contribution in [0.15, 0.2) is 77.2 Å². The van der Waals surface area contributed by atoms with Gasteiger partial charge in [0.1, 0.15) is 34.2 Å². The summed E-state index contributed by atoms with van der Waals surface area (Å²) >= 11 is 0. The van der Waals surface area contributed by atoms with Gasteiger partial charge in [0.05, 0.1) is 13.7 Å². The predicted molar refractivity (Wildman–Crippen MR) is 130 cm³/mol. The number of ether oxygens (including phenoxy) is 3. The summed E-state index contributed by atoms with van der Waals surface area (Å²) in [5.74, 6) is 1.40. The minimum atomic E-state index is -0.542. The standard InChI is InChI=1S/C28H24O6/c1-4-32-22-14-16-26-23(17-22)27(18(2)33-26)28(30)34-21-12-9-19(10-13-21)24(29)15-11-20-7-5-6-8-25(20)31-3/h5-17H,4H2,1-3H3. The summed E-state index contributed by atoms with van der Waals surface area (Å²) in [5.41, 5.74) is 2.20. The number of ketones is 1. The number of methoxy groups -OCH3 is 1. The molecule has 0 unspecified atom stereocenters. The minimum absolute atomic E-state index is 0.177. The van der Waals surface area contributed by atoms with Gasteiger partial charge >= 0.3 is 5.97 Å². The summed E-state index contributed by atoms with van der Waals surface area (Å²) in [6.45, 7) is 4.12. The number of rotatable bonds is 8. The first-order chi connectivity index (χ1) is 16.5. The highest BCUT2D eigenvalue weighted by atomic mass is 16.5. The minimum Gasteiger partial charge on any atom is -0.496 e. The van der Waals surface area contributed by atoms with Gasteiger partial charge in [-0.05, 0) is 74.5 Å². The summed E-state index contributed by atoms with van der Waals surface area (Å²) in [6, 6.07) is 19.2. The Morgan fingerprint density at radius 2 is 1.71 bits per heavy atom. The summed E-state index contributed by atoms with van der Waals surface area (Å²) in [4.78, 5) is 25.5. The van der Waals surface area contributed by atoms with Crippen LogP contribution in [0.1, 0.15) is 39.0 Å². The summed E-state index contributed by atoms with van der Waals surface area (Å²) in [6.07, 6.45) is 3.19. The van der Waals surface area contributed by atoms with Crippen molar-refractivity contribution in [2.24, 2.45) is 0 Å². The average Bonchev–Trinajstić information content (AvgIpc) is 3.18. The number of carbonyl (C=O) groups excluding carboxylic acids is 2. The van der Waals surface area contributed by atoms with E-state index >= 15 is 0 Å². The fourth-order valence-electron chi connectivity index (χ4n) is 3.62. The molecule has 0 fully saturated rings. The Morgan fingerprint density at radius 3 is 2.44 bits per heavy atom. The Bertz CT molecular complexity index is 1360. The van der Waals surface area contributed by atoms with Crippen LogP contribution in [-0.4, -0.2) is 25.5 Å². The van der Waals surface area contributed by atoms with Crippen LogP contribution in [0, 0.1) is 6.92 Å². The smallest absolute Gasteiger partial charge is 0.347 e. The molecule has 0 spiro atoms. The maximum Gasteiger partial charge on any atom is 0.347 e. The molecule has 172 valence electrons. The molecule has 0 saturated heterocycles. The molecule has 1 heterocycles. The lowest BCUT2D eigenvalue weighted by atomic mass is 10.1. The van der Waals surface area contributed by atoms with Crippen LogP contribution in [0.25, 0.3) is 17.0 Å². The van der Waals surface area contributed by atoms with Crippen molar-refractivity contribution in [1.82, 2.24) is 0 Å². The second-order valence-electron chi connectivity index (χ2n) is 7.48. The Balaban J connectivity index is 1.49. The van der Waals surface area contributed by atoms with Crippen LogP contribution < -0.4 is 14.2 Å². The zero-order valence-electron chi connectivity index (χ0n) is 19.2. The van der Waals surface area contributed by atoms with Crippen molar-refractivity contribution in [3.8, 4) is 17.2 Å². The number of carbonyl (C=O) groups is 2. The zero-order valence-corrected chi connectivity index (χ0v) is 19.2. The lowest BCUT2D eigenvalue weighted by Crippen LogP contribution is -2.09. The molecule has 0 aliphatic carbocycles. The number of hydrogen-bond donors (Lipinski definition) is 0. The molecule has 0 aliphatic heterocycles. The molecule has 0 aliphatic rings. The van der Waals surface area contributed by atoms with Crippen molar-refractivity contribution >= 4 is 28.8 Å². The van der Waals surface area contributed by atoms with E-state index in [1.165, 1.54) is 6.08 Å². The van der Waals surface area contributed by atoms with Gasteiger partial charge in [0.2, 0.25) is 0 Å². The van der Waals surface area contributed by atoms with E-state index in [9.17, 15) is 9.59 Å². The van der Waals surface area contributed by atoms with Gasteiger partial charge in [-0.2, -0.15) is 0 Å². The van der Waals surface area contributed by atoms with Gasteiger partial charge in [-0.1, -0.05) is 18.2 Å². The molecule has 6 heteroatoms. The molecule has 3 aromatic carbocycles. The summed E-state index contributed by atoms with van der Waals surface area (Å²) in [5, 5.41) is 0.627. The molecule has 4 rings (SSSR count). The number of fused-ring (bicyclic) bond motifs is 1. The Hall–Kier alpha value is -4.32. The quantitative estimate of drug-likeness (QED) is 0.135. The summed E-state index contributed by atoms with van der Waals surface area (Å²) in [7, 11) is 1.58. The van der Waals surface area contributed by atoms with Gasteiger partial charge in [-0.15, -0.1) is 0 Å². The molecular formula is C28H24O6. The third kappa shape index (κ3) is 4.86. The van der Waals surface area contributed by atoms with Crippen molar-refractivity contribution in [2.75, 3.05) is 13.7 Å². The second kappa shape index (κ2) is 10.1. The number of hydrogen-bond acceptors (Lipinski definition) is 6. The van der Waals surface area contributed by atoms with E-state index in [2.05, 4.69) is 0 Å². The number of esters is 1. The van der Waals surface area contributed by atoms with Crippen molar-refractivity contribution < 1.29 is 28.2 Å². The highest BCUT2D eigenvalue weighted by Crippen LogP contribution is 2.30. The lowest BCUT2D eigenvalue weighted by Gasteiger charge is -2.06. The first kappa shape index (κ1) is 22.9. The highest BCUT2D eigenvalue weighted by Gasteiger charge is 2.21. The van der Waals surface area contributed by atoms with Crippen LogP contribution in [-0.2, 0) is 0 Å². The number of aryl methyl sites for hydroxylation is 1. The first-order valence-corrected chi connectivity index (χ1v) is 10.8. The van der Waals surface area contributed by atoms with Gasteiger partial charge in [-0.3, -0.25) is 4.79 Å². The van der Waals surface area contributed by atoms with Crippen LogP contribution in [0.2, 0.25) is 0 Å². The molecule has 0 bridgehead atoms. The maximum absolute atomic E-state index is 12.9. The fourth-order valence-corrected chi connectivity index (χ4v) is 3.62. The SMILES string of the molecule is CCOc1ccc2oc(C)c(C(=O)Oc3ccc(C(=O)C=Cc4ccccc4OC)cc3)c2c1. The molecule has 0 radical (unpaired) electrons. The molecule has 34 heavy (non-hydrogen) atoms. The van der Waals surface area contributed by atoms with Crippen LogP contribution in [0.3, 0.4) is 0 Å². The fraction of sp³-hybridized carbons (Fsp3) is 0.143. The molecular weight excluding hydrogens is 432 g/mol. The van der Waals surface area contributed by atoms with Crippen molar-refractivity contribution in [1.29, 1.82) is 0 Å². The van der Waals surface area contributed by atoms with Gasteiger partial charge in [-0.25, -0.2) is 4.79 Å². The Morgan fingerprint density at radius 1 is 0.971 bits per heavy atom. The van der Waals surface area contributed by atoms with Crippen molar-refractivity contribution in [3.05, 3.63) is 95.3 Å². The van der Waals surface area contributed by atoms with E-state index in [1.54, 1.807) is 62.6 Å². The highest BCUT2D eigenvalue weighted by molar-refractivity contribution is 6.07. The van der Waals surface area contributed by atoms with E-state index in [-0.39, 0.29) is 5.78 Å². The number of benzene rings is 3. The third-order valence-electron chi connectivity index (χ3n) is 5.25. The third-order valence-corrected chi connectivity index (χ3v) is 5.25. The largest absolute Gasteiger partial charge is 0.496 e. The lowest BCUT2D eigenvalue weighted by molar-refractivity contribution is 0.0734. The molecule has 0 N–H and O–H groups in total. The molecule has 6 nitrogen and oxygen atoms in total. The van der Waals surface area contributed by atoms with Crippen LogP contribution >= 0.6 is 0 Å². The molecule has 0 amide bonds. The molecule has 4 aromatic rings. The monoisotopic (exact) mass is 456 g/mol. The van der Waals surface area contributed by atoms with E-state index in [0.717, 1.165) is 5.56 Å². The van der Waals surface area contributed by atoms with Crippen molar-refractivity contribution in [3.63, 3.8) is 0 Å². The normalized spacial score (nSPS) is 11.0. The number of allylic oxidation sites excluding steroid dienone is 1. The van der Waals surface area contributed by atoms with Gasteiger partial charge < -0.3 is 18.6 Å². The van der Waals surface area contributed by atoms with Gasteiger partial charge in [0, 0.05) is 16.5 Å². The second-order valence-corrected chi connectivity index (χ2v) is 7.48. The maximum atomic E-state index is 12.9. The van der Waals surface area contributed by atoms with E-state index in [4.69, 9.17) is 18.6 Å². The van der Waals surface area contributed by atoms with Gasteiger partial charge in [0.25, 0.3) is 0 Å². The Labute approximate surface area is 197 Å². The van der Waals surface area contributed by atoms with E-state index < -0.39 is 5.97 Å². The van der Waals surface area contributed by atoms with Crippen molar-refractivity contribution in [2.45, 2.75) is 13.8 Å². The predicted octanol–water partition coefficient (Wildman–Crippen LogP) is 6.26. The van der Waals surface area contributed by atoms with Crippen LogP contribution in [0.4, 0.5) is 0 Å². The number of furan rings is 1. The van der Waals surface area contributed by atoms with Crippen LogP contribution in [0.5, 0.6) is 17.2 Å². The first-order valence-electron chi connectivity index (χ1n) is 10.8. The average molecular weight is 456 g/mol. The molecule has 1 aromatic heterocycles. The zero-order chi connectivity index (χ0) is 24.1. The van der Waals surface area contributed by atoms with E-state index in [1.807, 2.05) is 31.2 Å². The Kier molecular flexibility index (Phi) is 6.78. The number of para-hydroxylation sites is 1. The molecule has 0 atom stereocenters.